The summed E-state index contributed by atoms with van der Waals surface area (Å²) in [5.41, 5.74) is 4.29. The van der Waals surface area contributed by atoms with E-state index in [0.717, 1.165) is 36.8 Å². The van der Waals surface area contributed by atoms with Crippen LogP contribution in [0.1, 0.15) is 91.9 Å². The molecule has 2 aromatic rings. The molecule has 174 valence electrons. The lowest BCUT2D eigenvalue weighted by Crippen LogP contribution is -2.26. The minimum atomic E-state index is -0.935. The average Bonchev–Trinajstić information content (AvgIpc) is 2.75. The lowest BCUT2D eigenvalue weighted by molar-refractivity contribution is -0.144. The van der Waals surface area contributed by atoms with Gasteiger partial charge < -0.3 is 4.74 Å². The van der Waals surface area contributed by atoms with Gasteiger partial charge in [0.05, 0.1) is 6.61 Å². The van der Waals surface area contributed by atoms with Crippen molar-refractivity contribution in [3.05, 3.63) is 70.3 Å². The Morgan fingerprint density at radius 1 is 0.938 bits per heavy atom. The first-order chi connectivity index (χ1) is 15.2. The number of esters is 1. The van der Waals surface area contributed by atoms with E-state index in [-0.39, 0.29) is 11.2 Å². The van der Waals surface area contributed by atoms with Gasteiger partial charge in [-0.25, -0.2) is 0 Å². The Morgan fingerprint density at radius 3 is 2.00 bits per heavy atom. The van der Waals surface area contributed by atoms with Crippen LogP contribution in [0.25, 0.3) is 0 Å². The molecule has 4 nitrogen and oxygen atoms in total. The van der Waals surface area contributed by atoms with Crippen LogP contribution >= 0.6 is 9.12 Å². The third-order valence-electron chi connectivity index (χ3n) is 5.52. The number of ether oxygens (including phenoxy) is 1. The highest BCUT2D eigenvalue weighted by Crippen LogP contribution is 2.31. The van der Waals surface area contributed by atoms with E-state index in [1.54, 1.807) is 0 Å². The van der Waals surface area contributed by atoms with Crippen molar-refractivity contribution in [1.82, 2.24) is 0 Å². The molecule has 0 saturated heterocycles. The van der Waals surface area contributed by atoms with Gasteiger partial charge in [-0.3, -0.25) is 9.59 Å². The molecule has 32 heavy (non-hydrogen) atoms. The van der Waals surface area contributed by atoms with Gasteiger partial charge in [0.25, 0.3) is 0 Å². The number of hydrogen-bond acceptors (Lipinski definition) is 4. The van der Waals surface area contributed by atoms with E-state index in [9.17, 15) is 9.59 Å². The van der Waals surface area contributed by atoms with Crippen LogP contribution in [0, 0.1) is 13.8 Å². The molecular formula is C27H38O4P+. The van der Waals surface area contributed by atoms with Gasteiger partial charge in [-0.05, 0) is 47.9 Å². The molecule has 0 aromatic heterocycles. The van der Waals surface area contributed by atoms with Crippen LogP contribution in [-0.2, 0) is 19.5 Å². The Hall–Kier alpha value is -2.32. The maximum atomic E-state index is 13.6. The summed E-state index contributed by atoms with van der Waals surface area (Å²) in [5, 5.41) is 0. The van der Waals surface area contributed by atoms with E-state index in [2.05, 4.69) is 39.8 Å². The molecule has 2 rings (SSSR count). The third kappa shape index (κ3) is 7.67. The summed E-state index contributed by atoms with van der Waals surface area (Å²) in [5.74, 6) is -1.58. The first kappa shape index (κ1) is 27.7. The fourth-order valence-electron chi connectivity index (χ4n) is 3.75. The molecule has 0 spiro atoms. The number of aryl methyl sites for hydroxylation is 2. The van der Waals surface area contributed by atoms with Crippen LogP contribution in [0.15, 0.2) is 42.5 Å². The highest BCUT2D eigenvalue weighted by Gasteiger charge is 2.33. The van der Waals surface area contributed by atoms with Crippen LogP contribution < -0.4 is 0 Å². The molecule has 0 heterocycles. The summed E-state index contributed by atoms with van der Waals surface area (Å²) in [6, 6.07) is 13.4. The minimum absolute atomic E-state index is 0.00660. The van der Waals surface area contributed by atoms with Gasteiger partial charge in [-0.1, -0.05) is 94.0 Å². The van der Waals surface area contributed by atoms with Crippen LogP contribution in [0.2, 0.25) is 0 Å². The van der Waals surface area contributed by atoms with Crippen molar-refractivity contribution in [3.8, 4) is 0 Å². The van der Waals surface area contributed by atoms with Crippen molar-refractivity contribution in [3.63, 3.8) is 0 Å². The Kier molecular flexibility index (Phi) is 11.5. The molecule has 0 radical (unpaired) electrons. The Morgan fingerprint density at radius 2 is 1.50 bits per heavy atom. The Labute approximate surface area is 195 Å². The van der Waals surface area contributed by atoms with Gasteiger partial charge >= 0.3 is 15.1 Å². The average molecular weight is 458 g/mol. The van der Waals surface area contributed by atoms with E-state index in [1.807, 2.05) is 44.2 Å². The van der Waals surface area contributed by atoms with Crippen molar-refractivity contribution in [2.75, 3.05) is 6.61 Å². The van der Waals surface area contributed by atoms with E-state index in [4.69, 9.17) is 9.30 Å². The fraction of sp³-hybridized carbons (Fsp3) is 0.481. The lowest BCUT2D eigenvalue weighted by Gasteiger charge is -2.23. The van der Waals surface area contributed by atoms with Crippen molar-refractivity contribution in [2.24, 2.45) is 0 Å². The summed E-state index contributed by atoms with van der Waals surface area (Å²) < 4.78 is 13.7. The van der Waals surface area contributed by atoms with Crippen molar-refractivity contribution in [1.29, 1.82) is 0 Å². The highest BCUT2D eigenvalue weighted by atomic mass is 31.0. The minimum Gasteiger partial charge on any atom is -0.465 e. The van der Waals surface area contributed by atoms with Gasteiger partial charge in [-0.15, -0.1) is 0 Å². The molecule has 5 heteroatoms. The first-order valence-corrected chi connectivity index (χ1v) is 11.7. The summed E-state index contributed by atoms with van der Waals surface area (Å²) in [6.07, 6.45) is 4.10. The molecule has 2 aromatic carbocycles. The molecule has 0 bridgehead atoms. The van der Waals surface area contributed by atoms with E-state index >= 15 is 0 Å². The quantitative estimate of drug-likeness (QED) is 0.135. The van der Waals surface area contributed by atoms with Crippen molar-refractivity contribution < 1.29 is 18.9 Å². The molecule has 0 amide bonds. The topological polar surface area (TPSA) is 60.4 Å². The monoisotopic (exact) mass is 457 g/mol. The smallest absolute Gasteiger partial charge is 0.321 e. The Bertz CT molecular complexity index is 861. The number of Topliss-reactive ketones (excluding diaryl/α,β-unsaturated/α-hetero) is 1. The summed E-state index contributed by atoms with van der Waals surface area (Å²) >= 11 is 0. The maximum absolute atomic E-state index is 13.6. The second-order valence-corrected chi connectivity index (χ2v) is 9.17. The number of rotatable bonds is 9. The zero-order valence-corrected chi connectivity index (χ0v) is 21.5. The van der Waals surface area contributed by atoms with Crippen molar-refractivity contribution in [2.45, 2.75) is 78.6 Å². The first-order valence-electron chi connectivity index (χ1n) is 11.3. The lowest BCUT2D eigenvalue weighted by atomic mass is 9.81. The fourth-order valence-corrected chi connectivity index (χ4v) is 3.75. The zero-order chi connectivity index (χ0) is 24.3. The molecule has 2 atom stereocenters. The van der Waals surface area contributed by atoms with Crippen LogP contribution in [0.4, 0.5) is 0 Å². The second-order valence-electron chi connectivity index (χ2n) is 9.17. The second kappa shape index (κ2) is 13.3. The van der Waals surface area contributed by atoms with Crippen LogP contribution in [-0.4, -0.2) is 18.4 Å². The van der Waals surface area contributed by atoms with Gasteiger partial charge in [0.15, 0.2) is 5.78 Å². The molecule has 2 unspecified atom stereocenters. The molecule has 0 aliphatic carbocycles. The molecule has 0 aliphatic heterocycles. The summed E-state index contributed by atoms with van der Waals surface area (Å²) in [6.45, 7) is 12.9. The van der Waals surface area contributed by atoms with Crippen molar-refractivity contribution >= 4 is 20.9 Å². The highest BCUT2D eigenvalue weighted by molar-refractivity contribution is 7.00. The van der Waals surface area contributed by atoms with Gasteiger partial charge in [0.1, 0.15) is 5.92 Å². The largest absolute Gasteiger partial charge is 0.465 e. The van der Waals surface area contributed by atoms with Crippen LogP contribution in [0.3, 0.4) is 0 Å². The predicted octanol–water partition coefficient (Wildman–Crippen LogP) is 6.90. The number of carbonyl (C=O) groups excluding carboxylic acids is 2. The van der Waals surface area contributed by atoms with Gasteiger partial charge in [0, 0.05) is 5.56 Å². The van der Waals surface area contributed by atoms with E-state index < -0.39 is 11.9 Å². The maximum Gasteiger partial charge on any atom is 0.321 e. The molecule has 0 saturated carbocycles. The normalized spacial score (nSPS) is 11.8. The number of carbonyl (C=O) groups is 2. The molecule has 0 aliphatic rings. The standard InChI is InChI=1S/C27H36O3.H2OP/c1-7-8-9-13-16-30-26(29)24(21-14-11-10-12-15-21)25(28)23-19(2)17-22(18-20(23)3)27(4,5)6;1-2/h10-12,14-15,17-18,24H,7-9,13,16H2,1-6H3;2H2/q;+1. The molecule has 0 fully saturated rings. The predicted molar refractivity (Wildman–Crippen MR) is 134 cm³/mol. The number of ketones is 1. The van der Waals surface area contributed by atoms with E-state index in [0.29, 0.717) is 17.7 Å². The summed E-state index contributed by atoms with van der Waals surface area (Å²) in [4.78, 5) is 26.6. The summed E-state index contributed by atoms with van der Waals surface area (Å²) in [7, 11) is 1.17. The van der Waals surface area contributed by atoms with Crippen LogP contribution in [0.5, 0.6) is 0 Å². The number of benzene rings is 2. The third-order valence-corrected chi connectivity index (χ3v) is 5.52. The Balaban J connectivity index is 0.00000249. The van der Waals surface area contributed by atoms with Gasteiger partial charge in [0.2, 0.25) is 0 Å². The number of hydrogen-bond donors (Lipinski definition) is 0. The SMILES string of the molecule is CCCCCCOC(=O)C(C(=O)c1c(C)cc(C(C)(C)C)cc1C)c1ccccc1.O=[PH2+]. The number of unbranched alkanes of at least 4 members (excludes halogenated alkanes) is 3. The zero-order valence-electron chi connectivity index (χ0n) is 20.4. The molecular weight excluding hydrogens is 419 g/mol. The van der Waals surface area contributed by atoms with E-state index in [1.165, 1.54) is 14.7 Å². The van der Waals surface area contributed by atoms with Gasteiger partial charge in [-0.2, -0.15) is 0 Å². The molecule has 0 N–H and O–H groups in total.